The van der Waals surface area contributed by atoms with E-state index < -0.39 is 13.6 Å². The first kappa shape index (κ1) is 13.2. The van der Waals surface area contributed by atoms with Gasteiger partial charge in [0.05, 0.1) is 25.6 Å². The summed E-state index contributed by atoms with van der Waals surface area (Å²) < 4.78 is 9.24. The van der Waals surface area contributed by atoms with Crippen LogP contribution in [0.2, 0.25) is 0 Å². The fourth-order valence-corrected chi connectivity index (χ4v) is 5.39. The van der Waals surface area contributed by atoms with Gasteiger partial charge in [-0.25, -0.2) is 0 Å². The molecule has 0 radical (unpaired) electrons. The Morgan fingerprint density at radius 3 is 2.58 bits per heavy atom. The average molecular weight is 252 g/mol. The molecule has 0 aliphatic carbocycles. The topological polar surface area (TPSA) is 71.0 Å². The lowest BCUT2D eigenvalue weighted by Gasteiger charge is -2.15. The highest BCUT2D eigenvalue weighted by atomic mass is 32.7. The third-order valence-corrected chi connectivity index (χ3v) is 6.03. The summed E-state index contributed by atoms with van der Waals surface area (Å²) in [5, 5.41) is 2.64. The summed E-state index contributed by atoms with van der Waals surface area (Å²) in [6, 6.07) is 0. The van der Waals surface area contributed by atoms with E-state index in [1.807, 2.05) is 0 Å². The van der Waals surface area contributed by atoms with Crippen molar-refractivity contribution in [1.82, 2.24) is 5.32 Å². The number of rotatable bonds is 5. The molecule has 0 aromatic carbocycles. The normalized spacial score (nSPS) is 21.4. The molecule has 0 rings (SSSR count). The number of hydrogen-bond donors (Lipinski definition) is 4. The van der Waals surface area contributed by atoms with E-state index in [4.69, 9.17) is 4.31 Å². The Bertz CT molecular complexity index is 189. The second kappa shape index (κ2) is 5.20. The standard InChI is InChI=1S/C3H11NO4P2S2/c1-4-3-9(5,11)8-10(6,12)7-2/h4,6,12H,3H2,1-2H3/p+1. The minimum absolute atomic E-state index is 0.106. The minimum Gasteiger partial charge on any atom is -0.341 e. The molecule has 0 saturated carbocycles. The predicted molar refractivity (Wildman–Crippen MR) is 56.6 cm³/mol. The Morgan fingerprint density at radius 2 is 2.25 bits per heavy atom. The molecule has 0 aromatic rings. The van der Waals surface area contributed by atoms with Gasteiger partial charge in [-0.1, -0.05) is 0 Å². The summed E-state index contributed by atoms with van der Waals surface area (Å²) in [4.78, 5) is 18.6. The first-order valence-electron chi connectivity index (χ1n) is 2.91. The largest absolute Gasteiger partial charge is 0.481 e. The van der Waals surface area contributed by atoms with Crippen molar-refractivity contribution in [2.24, 2.45) is 0 Å². The number of hydrogen-bond acceptors (Lipinski definition) is 6. The molecule has 2 atom stereocenters. The van der Waals surface area contributed by atoms with Gasteiger partial charge in [0.2, 0.25) is 0 Å². The van der Waals surface area contributed by atoms with Gasteiger partial charge >= 0.3 is 7.15 Å². The Balaban J connectivity index is 4.14. The van der Waals surface area contributed by atoms with E-state index in [9.17, 15) is 9.79 Å². The van der Waals surface area contributed by atoms with Gasteiger partial charge in [-0.3, -0.25) is 0 Å². The van der Waals surface area contributed by atoms with Crippen molar-refractivity contribution in [2.75, 3.05) is 20.4 Å². The Morgan fingerprint density at radius 1 is 1.75 bits per heavy atom. The first-order valence-corrected chi connectivity index (χ1v) is 8.50. The quantitative estimate of drug-likeness (QED) is 0.427. The van der Waals surface area contributed by atoms with Crippen LogP contribution in [0.15, 0.2) is 0 Å². The summed E-state index contributed by atoms with van der Waals surface area (Å²) in [5.74, 6) is 0. The van der Waals surface area contributed by atoms with Crippen molar-refractivity contribution in [2.45, 2.75) is 0 Å². The molecule has 2 unspecified atom stereocenters. The molecule has 0 aliphatic heterocycles. The van der Waals surface area contributed by atoms with Crippen LogP contribution >= 0.6 is 25.9 Å². The summed E-state index contributed by atoms with van der Waals surface area (Å²) in [7, 11) is -0.379. The predicted octanol–water partition coefficient (Wildman–Crippen LogP) is 0.728. The van der Waals surface area contributed by atoms with Crippen LogP contribution in [0.4, 0.5) is 0 Å². The summed E-state index contributed by atoms with van der Waals surface area (Å²) in [6.07, 6.45) is 0.106. The maximum Gasteiger partial charge on any atom is 0.481 e. The molecular weight excluding hydrogens is 240 g/mol. The van der Waals surface area contributed by atoms with E-state index in [0.29, 0.717) is 0 Å². The zero-order valence-electron chi connectivity index (χ0n) is 6.67. The molecule has 0 heterocycles. The Kier molecular flexibility index (Phi) is 5.73. The van der Waals surface area contributed by atoms with Crippen molar-refractivity contribution in [3.05, 3.63) is 0 Å². The zero-order valence-corrected chi connectivity index (χ0v) is 10.2. The van der Waals surface area contributed by atoms with Gasteiger partial charge in [-0.15, -0.1) is 4.31 Å². The molecule has 9 heteroatoms. The van der Waals surface area contributed by atoms with Gasteiger partial charge in [0, 0.05) is 0 Å². The van der Waals surface area contributed by atoms with Gasteiger partial charge in [0.1, 0.15) is 0 Å². The molecule has 0 aliphatic rings. The minimum atomic E-state index is -3.22. The van der Waals surface area contributed by atoms with Crippen LogP contribution < -0.4 is 5.32 Å². The molecular formula is C3H12NO4P2S2+. The first-order chi connectivity index (χ1) is 5.33. The highest BCUT2D eigenvalue weighted by Gasteiger charge is 2.41. The molecule has 12 heavy (non-hydrogen) atoms. The van der Waals surface area contributed by atoms with Gasteiger partial charge < -0.3 is 10.2 Å². The van der Waals surface area contributed by atoms with Crippen molar-refractivity contribution >= 4 is 37.7 Å². The highest BCUT2D eigenvalue weighted by molar-refractivity contribution is 8.48. The average Bonchev–Trinajstić information content (AvgIpc) is 1.85. The van der Waals surface area contributed by atoms with Crippen molar-refractivity contribution < 1.29 is 18.6 Å². The van der Waals surface area contributed by atoms with E-state index in [0.717, 1.165) is 0 Å². The molecule has 0 spiro atoms. The van der Waals surface area contributed by atoms with Crippen LogP contribution in [0.25, 0.3) is 0 Å². The molecule has 0 fully saturated rings. The molecule has 0 aromatic heterocycles. The number of thiol groups is 1. The highest BCUT2D eigenvalue weighted by Crippen LogP contribution is 2.70. The lowest BCUT2D eigenvalue weighted by atomic mass is 11.3. The van der Waals surface area contributed by atoms with Crippen molar-refractivity contribution in [3.63, 3.8) is 0 Å². The van der Waals surface area contributed by atoms with Crippen LogP contribution in [0.1, 0.15) is 0 Å². The third kappa shape index (κ3) is 5.80. The third-order valence-electron chi connectivity index (χ3n) is 0.830. The van der Waals surface area contributed by atoms with Crippen LogP contribution in [0.3, 0.4) is 0 Å². The Hall–Kier alpha value is 1.23. The van der Waals surface area contributed by atoms with E-state index in [1.54, 1.807) is 7.05 Å². The van der Waals surface area contributed by atoms with E-state index >= 15 is 0 Å². The monoisotopic (exact) mass is 252 g/mol. The molecule has 0 amide bonds. The molecule has 0 bridgehead atoms. The lowest BCUT2D eigenvalue weighted by molar-refractivity contribution is 0.306. The van der Waals surface area contributed by atoms with E-state index in [2.05, 4.69) is 33.9 Å². The fraction of sp³-hybridized carbons (Fsp3) is 1.00. The molecule has 5 nitrogen and oxygen atoms in total. The fourth-order valence-electron chi connectivity index (χ4n) is 0.428. The molecule has 3 N–H and O–H groups in total. The second-order valence-corrected chi connectivity index (χ2v) is 8.72. The van der Waals surface area contributed by atoms with Crippen LogP contribution in [0, 0.1) is 0 Å². The van der Waals surface area contributed by atoms with Gasteiger partial charge in [-0.05, 0) is 18.9 Å². The van der Waals surface area contributed by atoms with Crippen molar-refractivity contribution in [3.8, 4) is 0 Å². The van der Waals surface area contributed by atoms with Gasteiger partial charge in [0.25, 0.3) is 6.49 Å². The summed E-state index contributed by atoms with van der Waals surface area (Å²) in [5.41, 5.74) is 0. The van der Waals surface area contributed by atoms with E-state index in [1.165, 1.54) is 7.11 Å². The smallest absolute Gasteiger partial charge is 0.341 e. The van der Waals surface area contributed by atoms with Crippen LogP contribution in [-0.2, 0) is 20.6 Å². The molecule has 0 saturated heterocycles. The van der Waals surface area contributed by atoms with E-state index in [-0.39, 0.29) is 6.29 Å². The second-order valence-electron chi connectivity index (χ2n) is 1.90. The lowest BCUT2D eigenvalue weighted by Crippen LogP contribution is -2.09. The van der Waals surface area contributed by atoms with Crippen LogP contribution in [0.5, 0.6) is 0 Å². The van der Waals surface area contributed by atoms with Gasteiger partial charge in [-0.2, -0.15) is 9.42 Å². The zero-order chi connectivity index (χ0) is 9.83. The maximum atomic E-state index is 9.36. The van der Waals surface area contributed by atoms with Crippen molar-refractivity contribution in [1.29, 1.82) is 0 Å². The van der Waals surface area contributed by atoms with Gasteiger partial charge in [0.15, 0.2) is 0 Å². The Labute approximate surface area is 82.4 Å². The maximum absolute atomic E-state index is 9.36. The SMILES string of the molecule is CNCP(O)(=S)O[P+](O)(S)OC. The molecule has 74 valence electrons. The van der Waals surface area contributed by atoms with Crippen LogP contribution in [-0.4, -0.2) is 30.2 Å². The summed E-state index contributed by atoms with van der Waals surface area (Å²) >= 11 is 8.35. The number of nitrogens with one attached hydrogen (secondary N) is 1. The summed E-state index contributed by atoms with van der Waals surface area (Å²) in [6.45, 7) is -3.01.